The Kier molecular flexibility index (Phi) is 3.83. The van der Waals surface area contributed by atoms with Crippen molar-refractivity contribution < 1.29 is 0 Å². The molecule has 0 fully saturated rings. The number of nitrogens with one attached hydrogen (secondary N) is 1. The molecule has 1 aromatic carbocycles. The van der Waals surface area contributed by atoms with Crippen LogP contribution < -0.4 is 0 Å². The van der Waals surface area contributed by atoms with E-state index in [0.29, 0.717) is 0 Å². The molecular formula is C12H15N. The maximum absolute atomic E-state index is 3.03. The summed E-state index contributed by atoms with van der Waals surface area (Å²) in [6.45, 7) is 4.00. The van der Waals surface area contributed by atoms with Gasteiger partial charge in [-0.3, -0.25) is 0 Å². The van der Waals surface area contributed by atoms with Gasteiger partial charge in [-0.2, -0.15) is 0 Å². The van der Waals surface area contributed by atoms with Crippen LogP contribution in [0.3, 0.4) is 0 Å². The normalized spacial score (nSPS) is 8.77. The molecule has 0 aliphatic rings. The summed E-state index contributed by atoms with van der Waals surface area (Å²) < 4.78 is 0. The number of H-pyrrole nitrogens is 1. The third kappa shape index (κ3) is 2.48. The van der Waals surface area contributed by atoms with Crippen LogP contribution in [-0.4, -0.2) is 4.98 Å². The maximum Gasteiger partial charge on any atom is 0.00841 e. The van der Waals surface area contributed by atoms with Crippen molar-refractivity contribution in [1.82, 2.24) is 4.98 Å². The Labute approximate surface area is 79.4 Å². The number of hydrogen-bond acceptors (Lipinski definition) is 0. The van der Waals surface area contributed by atoms with E-state index >= 15 is 0 Å². The van der Waals surface area contributed by atoms with Crippen molar-refractivity contribution in [2.75, 3.05) is 0 Å². The predicted octanol–water partition coefficient (Wildman–Crippen LogP) is 3.71. The van der Waals surface area contributed by atoms with Crippen molar-refractivity contribution in [1.29, 1.82) is 0 Å². The fraction of sp³-hybridized carbons (Fsp3) is 0.167. The van der Waals surface area contributed by atoms with Crippen LogP contribution in [0, 0.1) is 0 Å². The molecule has 2 rings (SSSR count). The topological polar surface area (TPSA) is 15.8 Å². The lowest BCUT2D eigenvalue weighted by molar-refractivity contribution is 1.41. The van der Waals surface area contributed by atoms with E-state index < -0.39 is 0 Å². The Morgan fingerprint density at radius 3 is 2.08 bits per heavy atom. The molecule has 1 aromatic heterocycles. The highest BCUT2D eigenvalue weighted by Gasteiger charge is 1.93. The molecule has 0 unspecified atom stereocenters. The minimum atomic E-state index is 1.24. The third-order valence-corrected chi connectivity index (χ3v) is 1.71. The Morgan fingerprint density at radius 2 is 1.54 bits per heavy atom. The molecule has 13 heavy (non-hydrogen) atoms. The molecular weight excluding hydrogens is 158 g/mol. The van der Waals surface area contributed by atoms with Crippen LogP contribution in [0.15, 0.2) is 48.8 Å². The highest BCUT2D eigenvalue weighted by Crippen LogP contribution is 2.16. The van der Waals surface area contributed by atoms with Gasteiger partial charge in [0.05, 0.1) is 0 Å². The molecule has 0 radical (unpaired) electrons. The van der Waals surface area contributed by atoms with Gasteiger partial charge in [0.15, 0.2) is 0 Å². The Morgan fingerprint density at radius 1 is 0.846 bits per heavy atom. The van der Waals surface area contributed by atoms with Gasteiger partial charge >= 0.3 is 0 Å². The summed E-state index contributed by atoms with van der Waals surface area (Å²) in [5, 5.41) is 0. The van der Waals surface area contributed by atoms with E-state index in [2.05, 4.69) is 23.2 Å². The van der Waals surface area contributed by atoms with Gasteiger partial charge in [-0.15, -0.1) is 0 Å². The molecule has 0 saturated heterocycles. The standard InChI is InChI=1S/C10H9N.C2H6/c1-2-4-9(5-3-1)10-6-7-11-8-10;1-2/h1-8,11H;1-2H3. The lowest BCUT2D eigenvalue weighted by Crippen LogP contribution is -1.69. The van der Waals surface area contributed by atoms with Gasteiger partial charge in [-0.1, -0.05) is 44.2 Å². The van der Waals surface area contributed by atoms with Crippen molar-refractivity contribution in [3.05, 3.63) is 48.8 Å². The van der Waals surface area contributed by atoms with E-state index in [0.717, 1.165) is 0 Å². The summed E-state index contributed by atoms with van der Waals surface area (Å²) in [7, 11) is 0. The number of rotatable bonds is 1. The fourth-order valence-electron chi connectivity index (χ4n) is 1.13. The number of benzene rings is 1. The first-order valence-corrected chi connectivity index (χ1v) is 4.65. The van der Waals surface area contributed by atoms with E-state index in [4.69, 9.17) is 0 Å². The van der Waals surface area contributed by atoms with E-state index in [1.54, 1.807) is 0 Å². The minimum Gasteiger partial charge on any atom is -0.367 e. The van der Waals surface area contributed by atoms with Crippen molar-refractivity contribution in [3.63, 3.8) is 0 Å². The van der Waals surface area contributed by atoms with Crippen LogP contribution in [0.2, 0.25) is 0 Å². The zero-order chi connectivity index (χ0) is 9.52. The Bertz CT molecular complexity index is 308. The molecule has 0 spiro atoms. The lowest BCUT2D eigenvalue weighted by Gasteiger charge is -1.93. The van der Waals surface area contributed by atoms with Gasteiger partial charge < -0.3 is 4.98 Å². The van der Waals surface area contributed by atoms with Crippen LogP contribution in [0.1, 0.15) is 13.8 Å². The first kappa shape index (κ1) is 9.59. The van der Waals surface area contributed by atoms with Crippen LogP contribution in [0.25, 0.3) is 11.1 Å². The monoisotopic (exact) mass is 173 g/mol. The number of hydrogen-bond donors (Lipinski definition) is 1. The van der Waals surface area contributed by atoms with E-state index in [9.17, 15) is 0 Å². The van der Waals surface area contributed by atoms with Gasteiger partial charge in [0, 0.05) is 12.4 Å². The first-order valence-electron chi connectivity index (χ1n) is 4.65. The molecule has 1 nitrogen and oxygen atoms in total. The Hall–Kier alpha value is -1.50. The van der Waals surface area contributed by atoms with Crippen LogP contribution in [-0.2, 0) is 0 Å². The third-order valence-electron chi connectivity index (χ3n) is 1.71. The van der Waals surface area contributed by atoms with Gasteiger partial charge in [0.2, 0.25) is 0 Å². The average Bonchev–Trinajstić information content (AvgIpc) is 2.75. The highest BCUT2D eigenvalue weighted by atomic mass is 14.6. The zero-order valence-electron chi connectivity index (χ0n) is 8.12. The predicted molar refractivity (Wildman–Crippen MR) is 57.6 cm³/mol. The van der Waals surface area contributed by atoms with E-state index in [1.807, 2.05) is 44.4 Å². The second-order valence-electron chi connectivity index (χ2n) is 2.47. The van der Waals surface area contributed by atoms with Crippen molar-refractivity contribution in [3.8, 4) is 11.1 Å². The molecule has 2 aromatic rings. The SMILES string of the molecule is CC.c1ccc(-c2cc[nH]c2)cc1. The molecule has 0 atom stereocenters. The van der Waals surface area contributed by atoms with Crippen molar-refractivity contribution >= 4 is 0 Å². The van der Waals surface area contributed by atoms with Crippen LogP contribution >= 0.6 is 0 Å². The second-order valence-corrected chi connectivity index (χ2v) is 2.47. The summed E-state index contributed by atoms with van der Waals surface area (Å²) >= 11 is 0. The van der Waals surface area contributed by atoms with Crippen molar-refractivity contribution in [2.24, 2.45) is 0 Å². The Balaban J connectivity index is 0.000000396. The zero-order valence-corrected chi connectivity index (χ0v) is 8.12. The molecule has 0 bridgehead atoms. The summed E-state index contributed by atoms with van der Waals surface area (Å²) in [5.74, 6) is 0. The molecule has 0 aliphatic heterocycles. The molecule has 1 N–H and O–H groups in total. The second kappa shape index (κ2) is 5.20. The summed E-state index contributed by atoms with van der Waals surface area (Å²) in [6, 6.07) is 12.4. The van der Waals surface area contributed by atoms with Crippen LogP contribution in [0.4, 0.5) is 0 Å². The molecule has 0 aliphatic carbocycles. The van der Waals surface area contributed by atoms with E-state index in [-0.39, 0.29) is 0 Å². The molecule has 0 saturated carbocycles. The average molecular weight is 173 g/mol. The van der Waals surface area contributed by atoms with Crippen molar-refractivity contribution in [2.45, 2.75) is 13.8 Å². The van der Waals surface area contributed by atoms with Gasteiger partial charge in [0.25, 0.3) is 0 Å². The van der Waals surface area contributed by atoms with Gasteiger partial charge in [-0.05, 0) is 17.2 Å². The van der Waals surface area contributed by atoms with Gasteiger partial charge in [-0.25, -0.2) is 0 Å². The van der Waals surface area contributed by atoms with E-state index in [1.165, 1.54) is 11.1 Å². The lowest BCUT2D eigenvalue weighted by atomic mass is 10.1. The summed E-state index contributed by atoms with van der Waals surface area (Å²) in [6.07, 6.45) is 3.93. The maximum atomic E-state index is 3.03. The largest absolute Gasteiger partial charge is 0.367 e. The first-order chi connectivity index (χ1) is 6.47. The van der Waals surface area contributed by atoms with Crippen LogP contribution in [0.5, 0.6) is 0 Å². The molecule has 1 heterocycles. The summed E-state index contributed by atoms with van der Waals surface area (Å²) in [4.78, 5) is 3.03. The quantitative estimate of drug-likeness (QED) is 0.676. The molecule has 68 valence electrons. The molecule has 0 amide bonds. The number of aromatic amines is 1. The highest BCUT2D eigenvalue weighted by molar-refractivity contribution is 5.61. The minimum absolute atomic E-state index is 1.24. The molecule has 1 heteroatoms. The fourth-order valence-corrected chi connectivity index (χ4v) is 1.13. The summed E-state index contributed by atoms with van der Waals surface area (Å²) in [5.41, 5.74) is 2.50. The number of aromatic nitrogens is 1. The van der Waals surface area contributed by atoms with Gasteiger partial charge in [0.1, 0.15) is 0 Å². The smallest absolute Gasteiger partial charge is 0.00841 e.